The van der Waals surface area contributed by atoms with E-state index >= 15 is 0 Å². The van der Waals surface area contributed by atoms with Gasteiger partial charge in [0.15, 0.2) is 0 Å². The van der Waals surface area contributed by atoms with Gasteiger partial charge in [0, 0.05) is 12.5 Å². The highest BCUT2D eigenvalue weighted by atomic mass is 16.1. The number of carbonyl (C=O) groups excluding carboxylic acids is 1. The Morgan fingerprint density at radius 3 is 2.80 bits per heavy atom. The molecule has 1 rings (SSSR count). The summed E-state index contributed by atoms with van der Waals surface area (Å²) in [5.74, 6) is 0.653. The molecule has 2 atom stereocenters. The van der Waals surface area contributed by atoms with Crippen LogP contribution in [0.2, 0.25) is 0 Å². The molecule has 0 aromatic rings. The quantitative estimate of drug-likeness (QED) is 0.660. The first-order chi connectivity index (χ1) is 7.24. The molecule has 1 saturated carbocycles. The van der Waals surface area contributed by atoms with Crippen LogP contribution in [0.1, 0.15) is 51.9 Å². The van der Waals surface area contributed by atoms with Crippen LogP contribution in [0, 0.1) is 5.92 Å². The lowest BCUT2D eigenvalue weighted by molar-refractivity contribution is -0.118. The maximum Gasteiger partial charge on any atom is 0.217 e. The molecule has 3 N–H and O–H groups in total. The number of amides is 1. The largest absolute Gasteiger partial charge is 0.370 e. The van der Waals surface area contributed by atoms with Crippen LogP contribution in [0.25, 0.3) is 0 Å². The molecule has 0 aromatic heterocycles. The molecule has 1 fully saturated rings. The van der Waals surface area contributed by atoms with Crippen LogP contribution in [-0.2, 0) is 4.79 Å². The molecular formula is C12H24N2O. The van der Waals surface area contributed by atoms with Crippen molar-refractivity contribution >= 4 is 5.91 Å². The summed E-state index contributed by atoms with van der Waals surface area (Å²) >= 11 is 0. The highest BCUT2D eigenvalue weighted by Gasteiger charge is 2.22. The molecule has 0 spiro atoms. The lowest BCUT2D eigenvalue weighted by Crippen LogP contribution is -2.39. The third-order valence-electron chi connectivity index (χ3n) is 3.44. The second-order valence-corrected chi connectivity index (χ2v) is 4.58. The zero-order valence-electron chi connectivity index (χ0n) is 9.80. The molecule has 0 heterocycles. The molecule has 15 heavy (non-hydrogen) atoms. The standard InChI is InChI=1S/C12H24N2O/c1-2-10-6-3-4-7-11(10)14-9-5-8-12(13)15/h10-11,14H,2-9H2,1H3,(H2,13,15). The van der Waals surface area contributed by atoms with E-state index in [1.54, 1.807) is 0 Å². The minimum Gasteiger partial charge on any atom is -0.370 e. The fourth-order valence-corrected chi connectivity index (χ4v) is 2.52. The van der Waals surface area contributed by atoms with Crippen molar-refractivity contribution in [2.45, 2.75) is 57.9 Å². The molecule has 1 aliphatic carbocycles. The third-order valence-corrected chi connectivity index (χ3v) is 3.44. The van der Waals surface area contributed by atoms with Crippen LogP contribution >= 0.6 is 0 Å². The maximum atomic E-state index is 10.6. The van der Waals surface area contributed by atoms with Crippen LogP contribution in [0.3, 0.4) is 0 Å². The van der Waals surface area contributed by atoms with Crippen molar-refractivity contribution in [3.8, 4) is 0 Å². The first-order valence-electron chi connectivity index (χ1n) is 6.25. The van der Waals surface area contributed by atoms with Gasteiger partial charge in [-0.2, -0.15) is 0 Å². The predicted octanol–water partition coefficient (Wildman–Crippen LogP) is 1.81. The van der Waals surface area contributed by atoms with E-state index in [1.165, 1.54) is 32.1 Å². The van der Waals surface area contributed by atoms with E-state index in [0.717, 1.165) is 18.9 Å². The van der Waals surface area contributed by atoms with Crippen molar-refractivity contribution in [2.75, 3.05) is 6.54 Å². The van der Waals surface area contributed by atoms with Crippen LogP contribution in [0.4, 0.5) is 0 Å². The second kappa shape index (κ2) is 6.83. The van der Waals surface area contributed by atoms with Crippen molar-refractivity contribution in [3.05, 3.63) is 0 Å². The minimum atomic E-state index is -0.188. The van der Waals surface area contributed by atoms with Crippen molar-refractivity contribution in [3.63, 3.8) is 0 Å². The number of hydrogen-bond donors (Lipinski definition) is 2. The van der Waals surface area contributed by atoms with Gasteiger partial charge < -0.3 is 11.1 Å². The Hall–Kier alpha value is -0.570. The van der Waals surface area contributed by atoms with Crippen LogP contribution in [-0.4, -0.2) is 18.5 Å². The Labute approximate surface area is 92.8 Å². The van der Waals surface area contributed by atoms with E-state index in [2.05, 4.69) is 12.2 Å². The fourth-order valence-electron chi connectivity index (χ4n) is 2.52. The van der Waals surface area contributed by atoms with E-state index in [9.17, 15) is 4.79 Å². The third kappa shape index (κ3) is 4.65. The number of carbonyl (C=O) groups is 1. The number of nitrogens with two attached hydrogens (primary N) is 1. The summed E-state index contributed by atoms with van der Waals surface area (Å²) < 4.78 is 0. The molecule has 0 radical (unpaired) electrons. The van der Waals surface area contributed by atoms with Gasteiger partial charge in [-0.1, -0.05) is 26.2 Å². The number of rotatable bonds is 6. The van der Waals surface area contributed by atoms with Crippen molar-refractivity contribution in [2.24, 2.45) is 11.7 Å². The second-order valence-electron chi connectivity index (χ2n) is 4.58. The van der Waals surface area contributed by atoms with Crippen molar-refractivity contribution in [1.82, 2.24) is 5.32 Å². The highest BCUT2D eigenvalue weighted by molar-refractivity contribution is 5.73. The molecule has 0 saturated heterocycles. The van der Waals surface area contributed by atoms with Crippen molar-refractivity contribution in [1.29, 1.82) is 0 Å². The van der Waals surface area contributed by atoms with Gasteiger partial charge >= 0.3 is 0 Å². The number of primary amides is 1. The molecule has 3 nitrogen and oxygen atoms in total. The molecule has 2 unspecified atom stereocenters. The summed E-state index contributed by atoms with van der Waals surface area (Å²) in [7, 11) is 0. The average Bonchev–Trinajstić information content (AvgIpc) is 2.24. The SMILES string of the molecule is CCC1CCCCC1NCCCC(N)=O. The van der Waals surface area contributed by atoms with Gasteiger partial charge in [-0.15, -0.1) is 0 Å². The molecule has 0 aromatic carbocycles. The highest BCUT2D eigenvalue weighted by Crippen LogP contribution is 2.26. The summed E-state index contributed by atoms with van der Waals surface area (Å²) in [6, 6.07) is 0.677. The molecule has 88 valence electrons. The van der Waals surface area contributed by atoms with Crippen LogP contribution in [0.15, 0.2) is 0 Å². The van der Waals surface area contributed by atoms with Gasteiger partial charge in [-0.05, 0) is 31.7 Å². The zero-order valence-corrected chi connectivity index (χ0v) is 9.80. The molecular weight excluding hydrogens is 188 g/mol. The first kappa shape index (κ1) is 12.5. The average molecular weight is 212 g/mol. The van der Waals surface area contributed by atoms with Gasteiger partial charge in [-0.25, -0.2) is 0 Å². The molecule has 0 aliphatic heterocycles. The van der Waals surface area contributed by atoms with Crippen LogP contribution < -0.4 is 11.1 Å². The Bertz CT molecular complexity index is 194. The van der Waals surface area contributed by atoms with Crippen LogP contribution in [0.5, 0.6) is 0 Å². The molecule has 0 bridgehead atoms. The normalized spacial score (nSPS) is 26.5. The van der Waals surface area contributed by atoms with E-state index in [-0.39, 0.29) is 5.91 Å². The number of hydrogen-bond acceptors (Lipinski definition) is 2. The lowest BCUT2D eigenvalue weighted by Gasteiger charge is -2.31. The summed E-state index contributed by atoms with van der Waals surface area (Å²) in [5.41, 5.74) is 5.10. The summed E-state index contributed by atoms with van der Waals surface area (Å²) in [4.78, 5) is 10.6. The maximum absolute atomic E-state index is 10.6. The molecule has 3 heteroatoms. The zero-order chi connectivity index (χ0) is 11.1. The first-order valence-corrected chi connectivity index (χ1v) is 6.25. The number of nitrogens with one attached hydrogen (secondary N) is 1. The summed E-state index contributed by atoms with van der Waals surface area (Å²) in [5, 5.41) is 3.57. The van der Waals surface area contributed by atoms with E-state index in [1.807, 2.05) is 0 Å². The lowest BCUT2D eigenvalue weighted by atomic mass is 9.83. The van der Waals surface area contributed by atoms with E-state index in [4.69, 9.17) is 5.73 Å². The Morgan fingerprint density at radius 2 is 2.13 bits per heavy atom. The van der Waals surface area contributed by atoms with E-state index < -0.39 is 0 Å². The topological polar surface area (TPSA) is 55.1 Å². The predicted molar refractivity (Wildman–Crippen MR) is 62.5 cm³/mol. The van der Waals surface area contributed by atoms with Gasteiger partial charge in [0.05, 0.1) is 0 Å². The molecule has 1 amide bonds. The van der Waals surface area contributed by atoms with Gasteiger partial charge in [0.2, 0.25) is 5.91 Å². The monoisotopic (exact) mass is 212 g/mol. The molecule has 1 aliphatic rings. The van der Waals surface area contributed by atoms with Crippen molar-refractivity contribution < 1.29 is 4.79 Å². The van der Waals surface area contributed by atoms with Gasteiger partial charge in [0.25, 0.3) is 0 Å². The summed E-state index contributed by atoms with van der Waals surface area (Å²) in [6.45, 7) is 3.21. The Kier molecular flexibility index (Phi) is 5.69. The van der Waals surface area contributed by atoms with E-state index in [0.29, 0.717) is 12.5 Å². The Morgan fingerprint density at radius 1 is 1.40 bits per heavy atom. The van der Waals surface area contributed by atoms with Gasteiger partial charge in [0.1, 0.15) is 0 Å². The summed E-state index contributed by atoms with van der Waals surface area (Å²) in [6.07, 6.45) is 8.06. The minimum absolute atomic E-state index is 0.188. The Balaban J connectivity index is 2.15. The fraction of sp³-hybridized carbons (Fsp3) is 0.917. The smallest absolute Gasteiger partial charge is 0.217 e. The van der Waals surface area contributed by atoms with Gasteiger partial charge in [-0.3, -0.25) is 4.79 Å².